The SMILES string of the molecule is CC(Oc1ccc(F)cc1Br)C(=O)Nc1cc2c(cc1Cl)OCO2. The third-order valence-electron chi connectivity index (χ3n) is 3.29. The first kappa shape index (κ1) is 16.9. The second kappa shape index (κ2) is 6.86. The topological polar surface area (TPSA) is 56.8 Å². The van der Waals surface area contributed by atoms with Crippen LogP contribution in [0, 0.1) is 5.82 Å². The lowest BCUT2D eigenvalue weighted by Gasteiger charge is -2.16. The summed E-state index contributed by atoms with van der Waals surface area (Å²) in [5, 5.41) is 2.99. The minimum atomic E-state index is -0.826. The number of benzene rings is 2. The van der Waals surface area contributed by atoms with Crippen LogP contribution in [0.5, 0.6) is 17.2 Å². The summed E-state index contributed by atoms with van der Waals surface area (Å²) in [4.78, 5) is 12.3. The Morgan fingerprint density at radius 1 is 1.33 bits per heavy atom. The van der Waals surface area contributed by atoms with Crippen LogP contribution in [0.3, 0.4) is 0 Å². The lowest BCUT2D eigenvalue weighted by Crippen LogP contribution is -2.30. The fourth-order valence-electron chi connectivity index (χ4n) is 2.06. The van der Waals surface area contributed by atoms with Gasteiger partial charge in [-0.15, -0.1) is 0 Å². The van der Waals surface area contributed by atoms with Gasteiger partial charge in [-0.25, -0.2) is 4.39 Å². The standard InChI is InChI=1S/C16H12BrClFNO4/c1-8(24-13-3-2-9(19)4-10(13)17)16(21)20-12-6-15-14(5-11(12)18)22-7-23-15/h2-6,8H,7H2,1H3,(H,20,21). The third kappa shape index (κ3) is 3.57. The van der Waals surface area contributed by atoms with E-state index in [-0.39, 0.29) is 6.79 Å². The van der Waals surface area contributed by atoms with Gasteiger partial charge in [-0.05, 0) is 41.1 Å². The first-order chi connectivity index (χ1) is 11.4. The molecule has 2 aromatic rings. The van der Waals surface area contributed by atoms with E-state index >= 15 is 0 Å². The molecule has 0 aromatic heterocycles. The Kier molecular flexibility index (Phi) is 4.82. The molecule has 0 fully saturated rings. The zero-order valence-electron chi connectivity index (χ0n) is 12.4. The number of hydrogen-bond acceptors (Lipinski definition) is 4. The van der Waals surface area contributed by atoms with Crippen LogP contribution in [0.4, 0.5) is 10.1 Å². The first-order valence-electron chi connectivity index (χ1n) is 6.96. The number of anilines is 1. The molecule has 1 aliphatic heterocycles. The van der Waals surface area contributed by atoms with E-state index in [2.05, 4.69) is 21.2 Å². The van der Waals surface area contributed by atoms with Crippen molar-refractivity contribution in [2.24, 2.45) is 0 Å². The monoisotopic (exact) mass is 415 g/mol. The molecule has 1 amide bonds. The van der Waals surface area contributed by atoms with E-state index in [1.165, 1.54) is 18.2 Å². The predicted octanol–water partition coefficient (Wildman–Crippen LogP) is 4.38. The molecule has 5 nitrogen and oxygen atoms in total. The summed E-state index contributed by atoms with van der Waals surface area (Å²) in [6, 6.07) is 7.11. The highest BCUT2D eigenvalue weighted by atomic mass is 79.9. The molecule has 1 N–H and O–H groups in total. The molecule has 0 spiro atoms. The number of halogens is 3. The van der Waals surface area contributed by atoms with Crippen LogP contribution >= 0.6 is 27.5 Å². The zero-order valence-corrected chi connectivity index (χ0v) is 14.8. The van der Waals surface area contributed by atoms with Gasteiger partial charge in [0.15, 0.2) is 17.6 Å². The number of hydrogen-bond donors (Lipinski definition) is 1. The minimum Gasteiger partial charge on any atom is -0.480 e. The predicted molar refractivity (Wildman–Crippen MR) is 90.4 cm³/mol. The summed E-state index contributed by atoms with van der Waals surface area (Å²) in [5.41, 5.74) is 0.388. The van der Waals surface area contributed by atoms with Gasteiger partial charge in [0.05, 0.1) is 15.2 Å². The maximum Gasteiger partial charge on any atom is 0.265 e. The molecule has 24 heavy (non-hydrogen) atoms. The highest BCUT2D eigenvalue weighted by Gasteiger charge is 2.21. The van der Waals surface area contributed by atoms with Crippen LogP contribution in [0.1, 0.15) is 6.92 Å². The van der Waals surface area contributed by atoms with E-state index in [0.717, 1.165) is 0 Å². The molecule has 8 heteroatoms. The van der Waals surface area contributed by atoms with Crippen molar-refractivity contribution in [1.82, 2.24) is 0 Å². The van der Waals surface area contributed by atoms with Crippen LogP contribution < -0.4 is 19.5 Å². The molecular weight excluding hydrogens is 405 g/mol. The van der Waals surface area contributed by atoms with Gasteiger partial charge >= 0.3 is 0 Å². The largest absolute Gasteiger partial charge is 0.480 e. The summed E-state index contributed by atoms with van der Waals surface area (Å²) < 4.78 is 29.5. The minimum absolute atomic E-state index is 0.112. The Morgan fingerprint density at radius 2 is 2.04 bits per heavy atom. The maximum absolute atomic E-state index is 13.1. The Morgan fingerprint density at radius 3 is 2.75 bits per heavy atom. The molecular formula is C16H12BrClFNO4. The smallest absolute Gasteiger partial charge is 0.265 e. The van der Waals surface area contributed by atoms with E-state index in [9.17, 15) is 9.18 Å². The highest BCUT2D eigenvalue weighted by Crippen LogP contribution is 2.39. The van der Waals surface area contributed by atoms with Gasteiger partial charge in [0, 0.05) is 12.1 Å². The molecule has 126 valence electrons. The summed E-state index contributed by atoms with van der Waals surface area (Å²) in [6.45, 7) is 1.69. The average molecular weight is 417 g/mol. The molecule has 1 unspecified atom stereocenters. The number of carbonyl (C=O) groups excluding carboxylic acids is 1. The number of fused-ring (bicyclic) bond motifs is 1. The molecule has 0 aliphatic carbocycles. The normalized spacial score (nSPS) is 13.5. The van der Waals surface area contributed by atoms with E-state index in [0.29, 0.717) is 32.4 Å². The van der Waals surface area contributed by atoms with E-state index in [4.69, 9.17) is 25.8 Å². The van der Waals surface area contributed by atoms with Crippen molar-refractivity contribution < 1.29 is 23.4 Å². The van der Waals surface area contributed by atoms with Gasteiger partial charge < -0.3 is 19.5 Å². The number of nitrogens with one attached hydrogen (secondary N) is 1. The molecule has 0 bridgehead atoms. The second-order valence-corrected chi connectivity index (χ2v) is 6.27. The van der Waals surface area contributed by atoms with Crippen LogP contribution in [-0.4, -0.2) is 18.8 Å². The van der Waals surface area contributed by atoms with E-state index in [1.807, 2.05) is 0 Å². The van der Waals surface area contributed by atoms with Crippen LogP contribution in [0.15, 0.2) is 34.8 Å². The van der Waals surface area contributed by atoms with Crippen molar-refractivity contribution in [2.75, 3.05) is 12.1 Å². The Bertz CT molecular complexity index is 802. The third-order valence-corrected chi connectivity index (χ3v) is 4.22. The van der Waals surface area contributed by atoms with E-state index in [1.54, 1.807) is 19.1 Å². The van der Waals surface area contributed by atoms with Crippen molar-refractivity contribution in [3.8, 4) is 17.2 Å². The molecule has 1 atom stereocenters. The second-order valence-electron chi connectivity index (χ2n) is 5.01. The van der Waals surface area contributed by atoms with Gasteiger partial charge in [-0.1, -0.05) is 11.6 Å². The van der Waals surface area contributed by atoms with Crippen molar-refractivity contribution in [2.45, 2.75) is 13.0 Å². The lowest BCUT2D eigenvalue weighted by atomic mass is 10.2. The van der Waals surface area contributed by atoms with Crippen LogP contribution in [0.25, 0.3) is 0 Å². The summed E-state index contributed by atoms with van der Waals surface area (Å²) in [7, 11) is 0. The Labute approximate surface area is 150 Å². The number of ether oxygens (including phenoxy) is 3. The van der Waals surface area contributed by atoms with Gasteiger partial charge in [-0.3, -0.25) is 4.79 Å². The molecule has 3 rings (SSSR count). The van der Waals surface area contributed by atoms with Gasteiger partial charge in [0.25, 0.3) is 5.91 Å². The van der Waals surface area contributed by atoms with Crippen molar-refractivity contribution >= 4 is 39.1 Å². The number of rotatable bonds is 4. The van der Waals surface area contributed by atoms with Crippen molar-refractivity contribution in [3.05, 3.63) is 45.6 Å². The number of amides is 1. The summed E-state index contributed by atoms with van der Waals surface area (Å²) in [5.74, 6) is 0.573. The molecule has 2 aromatic carbocycles. The van der Waals surface area contributed by atoms with E-state index < -0.39 is 17.8 Å². The molecule has 1 heterocycles. The molecule has 1 aliphatic rings. The summed E-state index contributed by atoms with van der Waals surface area (Å²) >= 11 is 9.31. The lowest BCUT2D eigenvalue weighted by molar-refractivity contribution is -0.122. The molecule has 0 radical (unpaired) electrons. The fourth-order valence-corrected chi connectivity index (χ4v) is 2.71. The Balaban J connectivity index is 1.70. The maximum atomic E-state index is 13.1. The Hall–Kier alpha value is -1.99. The first-order valence-corrected chi connectivity index (χ1v) is 8.13. The fraction of sp³-hybridized carbons (Fsp3) is 0.188. The average Bonchev–Trinajstić information content (AvgIpc) is 2.97. The summed E-state index contributed by atoms with van der Waals surface area (Å²) in [6.07, 6.45) is -0.826. The highest BCUT2D eigenvalue weighted by molar-refractivity contribution is 9.10. The molecule has 0 saturated heterocycles. The van der Waals surface area contributed by atoms with Crippen molar-refractivity contribution in [3.63, 3.8) is 0 Å². The van der Waals surface area contributed by atoms with Crippen LogP contribution in [0.2, 0.25) is 5.02 Å². The number of carbonyl (C=O) groups is 1. The van der Waals surface area contributed by atoms with Gasteiger partial charge in [-0.2, -0.15) is 0 Å². The zero-order chi connectivity index (χ0) is 17.3. The quantitative estimate of drug-likeness (QED) is 0.804. The van der Waals surface area contributed by atoms with Crippen LogP contribution in [-0.2, 0) is 4.79 Å². The van der Waals surface area contributed by atoms with Crippen molar-refractivity contribution in [1.29, 1.82) is 0 Å². The van der Waals surface area contributed by atoms with Gasteiger partial charge in [0.1, 0.15) is 11.6 Å². The molecule has 0 saturated carbocycles. The van der Waals surface area contributed by atoms with Gasteiger partial charge in [0.2, 0.25) is 6.79 Å².